The normalized spacial score (nSPS) is 10.7. The molecule has 0 aliphatic rings. The number of aromatic nitrogens is 3. The van der Waals surface area contributed by atoms with Crippen molar-refractivity contribution in [1.82, 2.24) is 14.5 Å². The van der Waals surface area contributed by atoms with E-state index in [1.165, 1.54) is 0 Å². The highest BCUT2D eigenvalue weighted by atomic mass is 35.5. The molecule has 6 nitrogen and oxygen atoms in total. The topological polar surface area (TPSA) is 71.8 Å². The molecule has 0 saturated heterocycles. The van der Waals surface area contributed by atoms with Crippen LogP contribution in [-0.4, -0.2) is 20.6 Å². The average Bonchev–Trinajstić information content (AvgIpc) is 2.83. The molecule has 0 saturated carbocycles. The van der Waals surface area contributed by atoms with Gasteiger partial charge in [-0.15, -0.1) is 0 Å². The molecular weight excluding hydrogens is 302 g/mol. The number of hydrogen-bond acceptors (Lipinski definition) is 3. The molecule has 0 spiro atoms. The van der Waals surface area contributed by atoms with Crippen LogP contribution in [0.3, 0.4) is 0 Å². The second-order valence-electron chi connectivity index (χ2n) is 4.91. The van der Waals surface area contributed by atoms with Gasteiger partial charge in [-0.25, -0.2) is 14.8 Å². The number of imidazole rings is 1. The van der Waals surface area contributed by atoms with E-state index in [1.54, 1.807) is 12.4 Å². The summed E-state index contributed by atoms with van der Waals surface area (Å²) in [6, 6.07) is 8.83. The number of amides is 2. The lowest BCUT2D eigenvalue weighted by molar-refractivity contribution is 0.262. The maximum atomic E-state index is 12.2. The summed E-state index contributed by atoms with van der Waals surface area (Å²) in [6.07, 6.45) is 1.65. The Morgan fingerprint density at radius 1 is 1.27 bits per heavy atom. The fourth-order valence-corrected chi connectivity index (χ4v) is 2.35. The highest BCUT2D eigenvalue weighted by Gasteiger charge is 2.12. The molecule has 0 fully saturated rings. The van der Waals surface area contributed by atoms with Crippen LogP contribution in [0.5, 0.6) is 0 Å². The summed E-state index contributed by atoms with van der Waals surface area (Å²) < 4.78 is 1.81. The molecule has 1 aromatic carbocycles. The lowest BCUT2D eigenvalue weighted by Gasteiger charge is -2.10. The molecule has 22 heavy (non-hydrogen) atoms. The Balaban J connectivity index is 1.87. The summed E-state index contributed by atoms with van der Waals surface area (Å²) in [7, 11) is 1.85. The number of urea groups is 1. The first-order valence-electron chi connectivity index (χ1n) is 6.66. The van der Waals surface area contributed by atoms with Crippen LogP contribution in [0.1, 0.15) is 5.56 Å². The molecule has 112 valence electrons. The number of benzene rings is 1. The maximum absolute atomic E-state index is 12.2. The molecule has 0 bridgehead atoms. The van der Waals surface area contributed by atoms with Crippen molar-refractivity contribution in [1.29, 1.82) is 0 Å². The third-order valence-electron chi connectivity index (χ3n) is 3.31. The minimum Gasteiger partial charge on any atom is -0.334 e. The van der Waals surface area contributed by atoms with Gasteiger partial charge in [-0.1, -0.05) is 29.8 Å². The summed E-state index contributed by atoms with van der Waals surface area (Å²) in [5.74, 6) is 0.328. The zero-order valence-corrected chi connectivity index (χ0v) is 12.8. The highest BCUT2D eigenvalue weighted by Crippen LogP contribution is 2.23. The van der Waals surface area contributed by atoms with Crippen molar-refractivity contribution < 1.29 is 4.79 Å². The number of para-hydroxylation sites is 1. The van der Waals surface area contributed by atoms with Gasteiger partial charge in [0, 0.05) is 18.8 Å². The van der Waals surface area contributed by atoms with E-state index in [0.717, 1.165) is 16.8 Å². The lowest BCUT2D eigenvalue weighted by Crippen LogP contribution is -2.20. The molecular formula is C15H14ClN5O. The monoisotopic (exact) mass is 315 g/mol. The van der Waals surface area contributed by atoms with Gasteiger partial charge in [0.1, 0.15) is 10.7 Å². The Morgan fingerprint density at radius 2 is 2.05 bits per heavy atom. The highest BCUT2D eigenvalue weighted by molar-refractivity contribution is 6.30. The number of carbonyl (C=O) groups is 1. The minimum absolute atomic E-state index is 0.294. The smallest absolute Gasteiger partial charge is 0.324 e. The Kier molecular flexibility index (Phi) is 3.68. The molecule has 0 unspecified atom stereocenters. The van der Waals surface area contributed by atoms with E-state index in [9.17, 15) is 4.79 Å². The van der Waals surface area contributed by atoms with Gasteiger partial charge in [0.15, 0.2) is 5.82 Å². The first-order chi connectivity index (χ1) is 10.5. The zero-order valence-electron chi connectivity index (χ0n) is 12.1. The first-order valence-corrected chi connectivity index (χ1v) is 7.03. The summed E-state index contributed by atoms with van der Waals surface area (Å²) in [5, 5.41) is 5.77. The van der Waals surface area contributed by atoms with Crippen LogP contribution >= 0.6 is 11.6 Å². The standard InChI is InChI=1S/C15H14ClN5O/c1-9-5-3-4-6-10(9)18-15(22)20-14-13-11(7-12(16)19-14)21(2)8-17-13/h3-8H,1-2H3,(H2,18,19,20,22). The molecule has 2 aromatic heterocycles. The fraction of sp³-hybridized carbons (Fsp3) is 0.133. The van der Waals surface area contributed by atoms with Crippen molar-refractivity contribution in [3.63, 3.8) is 0 Å². The van der Waals surface area contributed by atoms with Gasteiger partial charge in [-0.2, -0.15) is 0 Å². The van der Waals surface area contributed by atoms with Gasteiger partial charge >= 0.3 is 6.03 Å². The van der Waals surface area contributed by atoms with Crippen LogP contribution in [-0.2, 0) is 7.05 Å². The summed E-state index contributed by atoms with van der Waals surface area (Å²) in [6.45, 7) is 1.92. The van der Waals surface area contributed by atoms with Crippen molar-refractivity contribution in [2.75, 3.05) is 10.6 Å². The number of fused-ring (bicyclic) bond motifs is 1. The molecule has 2 heterocycles. The first kappa shape index (κ1) is 14.3. The van der Waals surface area contributed by atoms with Crippen LogP contribution < -0.4 is 10.6 Å². The number of anilines is 2. The minimum atomic E-state index is -0.393. The van der Waals surface area contributed by atoms with Crippen molar-refractivity contribution in [3.8, 4) is 0 Å². The van der Waals surface area contributed by atoms with Gasteiger partial charge in [0.25, 0.3) is 0 Å². The number of nitrogens with zero attached hydrogens (tertiary/aromatic N) is 3. The predicted octanol–water partition coefficient (Wildman–Crippen LogP) is 3.57. The molecule has 0 aliphatic carbocycles. The third kappa shape index (κ3) is 2.73. The van der Waals surface area contributed by atoms with Gasteiger partial charge < -0.3 is 9.88 Å². The third-order valence-corrected chi connectivity index (χ3v) is 3.50. The summed E-state index contributed by atoms with van der Waals surface area (Å²) in [5.41, 5.74) is 3.09. The number of carbonyl (C=O) groups excluding carboxylic acids is 1. The van der Waals surface area contributed by atoms with Gasteiger partial charge in [-0.3, -0.25) is 5.32 Å². The van der Waals surface area contributed by atoms with E-state index >= 15 is 0 Å². The van der Waals surface area contributed by atoms with E-state index in [-0.39, 0.29) is 0 Å². The Labute approximate surface area is 132 Å². The van der Waals surface area contributed by atoms with Crippen LogP contribution in [0.2, 0.25) is 5.15 Å². The van der Waals surface area contributed by atoms with E-state index in [1.807, 2.05) is 42.8 Å². The van der Waals surface area contributed by atoms with E-state index in [2.05, 4.69) is 20.6 Å². The fourth-order valence-electron chi connectivity index (χ4n) is 2.16. The molecule has 3 rings (SSSR count). The van der Waals surface area contributed by atoms with Crippen molar-refractivity contribution in [3.05, 3.63) is 47.4 Å². The second-order valence-corrected chi connectivity index (χ2v) is 5.30. The van der Waals surface area contributed by atoms with Crippen LogP contribution in [0.15, 0.2) is 36.7 Å². The summed E-state index contributed by atoms with van der Waals surface area (Å²) >= 11 is 6.00. The molecule has 0 radical (unpaired) electrons. The largest absolute Gasteiger partial charge is 0.334 e. The SMILES string of the molecule is Cc1ccccc1NC(=O)Nc1nc(Cl)cc2c1ncn2C. The number of aryl methyl sites for hydroxylation is 2. The van der Waals surface area contributed by atoms with Gasteiger partial charge in [0.2, 0.25) is 0 Å². The van der Waals surface area contributed by atoms with Crippen LogP contribution in [0, 0.1) is 6.92 Å². The van der Waals surface area contributed by atoms with Crippen molar-refractivity contribution >= 4 is 40.2 Å². The van der Waals surface area contributed by atoms with Crippen molar-refractivity contribution in [2.45, 2.75) is 6.92 Å². The molecule has 2 N–H and O–H groups in total. The van der Waals surface area contributed by atoms with Crippen LogP contribution in [0.4, 0.5) is 16.3 Å². The lowest BCUT2D eigenvalue weighted by atomic mass is 10.2. The Hall–Kier alpha value is -2.60. The number of pyridine rings is 1. The van der Waals surface area contributed by atoms with E-state index in [0.29, 0.717) is 16.5 Å². The van der Waals surface area contributed by atoms with Crippen LogP contribution in [0.25, 0.3) is 11.0 Å². The van der Waals surface area contributed by atoms with E-state index in [4.69, 9.17) is 11.6 Å². The average molecular weight is 316 g/mol. The number of halogens is 1. The number of nitrogens with one attached hydrogen (secondary N) is 2. The number of hydrogen-bond donors (Lipinski definition) is 2. The zero-order chi connectivity index (χ0) is 15.7. The second kappa shape index (κ2) is 5.65. The number of rotatable bonds is 2. The van der Waals surface area contributed by atoms with E-state index < -0.39 is 6.03 Å². The quantitative estimate of drug-likeness (QED) is 0.710. The summed E-state index contributed by atoms with van der Waals surface area (Å²) in [4.78, 5) is 20.5. The molecule has 7 heteroatoms. The van der Waals surface area contributed by atoms with Gasteiger partial charge in [-0.05, 0) is 18.6 Å². The van der Waals surface area contributed by atoms with Crippen molar-refractivity contribution in [2.24, 2.45) is 7.05 Å². The Bertz CT molecular complexity index is 858. The molecule has 3 aromatic rings. The predicted molar refractivity (Wildman–Crippen MR) is 87.3 cm³/mol. The van der Waals surface area contributed by atoms with Gasteiger partial charge in [0.05, 0.1) is 11.8 Å². The Morgan fingerprint density at radius 3 is 2.82 bits per heavy atom. The molecule has 0 aliphatic heterocycles. The molecule has 0 atom stereocenters. The maximum Gasteiger partial charge on any atom is 0.324 e. The molecule has 2 amide bonds.